The summed E-state index contributed by atoms with van der Waals surface area (Å²) < 4.78 is 0. The molecule has 9 N–H and O–H groups in total. The Morgan fingerprint density at radius 3 is 2.36 bits per heavy atom. The zero-order valence-corrected chi connectivity index (χ0v) is 6.92. The van der Waals surface area contributed by atoms with E-state index in [4.69, 9.17) is 16.6 Å². The Morgan fingerprint density at radius 1 is 1.45 bits per heavy atom. The minimum absolute atomic E-state index is 0. The van der Waals surface area contributed by atoms with Crippen LogP contribution in [-0.4, -0.2) is 23.7 Å². The number of carboxylic acid groups (broad SMARTS) is 1. The van der Waals surface area contributed by atoms with Crippen LogP contribution in [0.1, 0.15) is 19.3 Å². The van der Waals surface area contributed by atoms with Gasteiger partial charge in [-0.25, -0.2) is 0 Å². The van der Waals surface area contributed by atoms with Gasteiger partial charge in [-0.05, 0) is 19.4 Å². The highest BCUT2D eigenvalue weighted by Crippen LogP contribution is 1.96. The fourth-order valence-corrected chi connectivity index (χ4v) is 0.632. The van der Waals surface area contributed by atoms with Crippen molar-refractivity contribution < 1.29 is 9.90 Å². The molecule has 0 radical (unpaired) electrons. The van der Waals surface area contributed by atoms with E-state index in [-0.39, 0.29) is 6.15 Å². The maximum absolute atomic E-state index is 10.1. The van der Waals surface area contributed by atoms with Crippen molar-refractivity contribution in [1.29, 1.82) is 0 Å². The second-order valence-corrected chi connectivity index (χ2v) is 2.23. The highest BCUT2D eigenvalue weighted by Gasteiger charge is 2.09. The van der Waals surface area contributed by atoms with E-state index in [9.17, 15) is 4.79 Å². The number of quaternary nitrogens is 1. The van der Waals surface area contributed by atoms with E-state index >= 15 is 0 Å². The number of nitrogens with two attached hydrogens (primary N) is 2. The molecule has 0 heterocycles. The summed E-state index contributed by atoms with van der Waals surface area (Å²) in [5.41, 5.74) is 10.4. The minimum atomic E-state index is -0.933. The van der Waals surface area contributed by atoms with Crippen molar-refractivity contribution in [3.63, 3.8) is 0 Å². The van der Waals surface area contributed by atoms with Crippen LogP contribution in [0.15, 0.2) is 0 Å². The van der Waals surface area contributed by atoms with Crippen molar-refractivity contribution in [3.05, 3.63) is 0 Å². The molecule has 0 aromatic heterocycles. The van der Waals surface area contributed by atoms with Crippen molar-refractivity contribution in [1.82, 2.24) is 6.15 Å². The van der Waals surface area contributed by atoms with Crippen molar-refractivity contribution in [2.75, 3.05) is 6.54 Å². The number of unbranched alkanes of at least 4 members (excludes halogenated alkanes) is 1. The number of aliphatic carboxylic acids is 1. The van der Waals surface area contributed by atoms with Crippen LogP contribution < -0.4 is 17.6 Å². The zero-order chi connectivity index (χ0) is 7.98. The van der Waals surface area contributed by atoms with Gasteiger partial charge in [0.05, 0.1) is 0 Å². The van der Waals surface area contributed by atoms with Crippen LogP contribution in [0.5, 0.6) is 0 Å². The van der Waals surface area contributed by atoms with Gasteiger partial charge in [-0.15, -0.1) is 0 Å². The van der Waals surface area contributed by atoms with E-state index in [0.717, 1.165) is 12.8 Å². The second kappa shape index (κ2) is 7.46. The van der Waals surface area contributed by atoms with Gasteiger partial charge in [-0.1, -0.05) is 6.42 Å². The van der Waals surface area contributed by atoms with Gasteiger partial charge in [0, 0.05) is 0 Å². The van der Waals surface area contributed by atoms with Gasteiger partial charge in [0.2, 0.25) is 0 Å². The Balaban J connectivity index is 0. The number of rotatable bonds is 5. The standard InChI is InChI=1S/C6H14N2O2.H3N/c7-4-2-1-3-5(8)6(9)10;/h5H,1-4,7-8H2,(H,9,10);1H3/p+1. The molecule has 0 spiro atoms. The Kier molecular flexibility index (Phi) is 8.80. The topological polar surface area (TPSA) is 126 Å². The van der Waals surface area contributed by atoms with Gasteiger partial charge in [0.1, 0.15) is 6.04 Å². The average Bonchev–Trinajstić information content (AvgIpc) is 1.88. The largest absolute Gasteiger partial charge is 0.480 e. The zero-order valence-electron chi connectivity index (χ0n) is 6.92. The van der Waals surface area contributed by atoms with Crippen LogP contribution in [0, 0.1) is 0 Å². The molecule has 0 aliphatic carbocycles. The molecule has 68 valence electrons. The summed E-state index contributed by atoms with van der Waals surface area (Å²) in [7, 11) is 0. The van der Waals surface area contributed by atoms with E-state index in [2.05, 4.69) is 0 Å². The minimum Gasteiger partial charge on any atom is -0.480 e. The highest BCUT2D eigenvalue weighted by molar-refractivity contribution is 5.72. The molecule has 0 aliphatic heterocycles. The van der Waals surface area contributed by atoms with Crippen LogP contribution in [0.3, 0.4) is 0 Å². The van der Waals surface area contributed by atoms with Crippen LogP contribution in [0.4, 0.5) is 0 Å². The van der Waals surface area contributed by atoms with Crippen LogP contribution in [-0.2, 0) is 4.79 Å². The summed E-state index contributed by atoms with van der Waals surface area (Å²) in [5.74, 6) is -0.933. The number of carboxylic acids is 1. The summed E-state index contributed by atoms with van der Waals surface area (Å²) in [6.45, 7) is 0.604. The summed E-state index contributed by atoms with van der Waals surface area (Å²) >= 11 is 0. The number of carbonyl (C=O) groups is 1. The molecule has 11 heavy (non-hydrogen) atoms. The monoisotopic (exact) mass is 164 g/mol. The molecular weight excluding hydrogens is 146 g/mol. The normalized spacial score (nSPS) is 11.8. The smallest absolute Gasteiger partial charge is 0.320 e. The lowest BCUT2D eigenvalue weighted by atomic mass is 10.1. The predicted octanol–water partition coefficient (Wildman–Crippen LogP) is -0.0965. The quantitative estimate of drug-likeness (QED) is 0.423. The third-order valence-electron chi connectivity index (χ3n) is 1.29. The Hall–Kier alpha value is -0.650. The average molecular weight is 164 g/mol. The molecule has 1 unspecified atom stereocenters. The third kappa shape index (κ3) is 7.24. The SMILES string of the molecule is NCCCCC(N)C(=O)O.[NH4+]. The molecule has 0 amide bonds. The van der Waals surface area contributed by atoms with Gasteiger partial charge >= 0.3 is 5.97 Å². The van der Waals surface area contributed by atoms with Crippen LogP contribution >= 0.6 is 0 Å². The molecule has 0 bridgehead atoms. The van der Waals surface area contributed by atoms with Crippen LogP contribution in [0.25, 0.3) is 0 Å². The first kappa shape index (κ1) is 13.0. The fourth-order valence-electron chi connectivity index (χ4n) is 0.632. The van der Waals surface area contributed by atoms with Crippen molar-refractivity contribution in [2.24, 2.45) is 11.5 Å². The summed E-state index contributed by atoms with van der Waals surface area (Å²) in [5, 5.41) is 8.33. The molecule has 0 aromatic carbocycles. The summed E-state index contributed by atoms with van der Waals surface area (Å²) in [6, 6.07) is -0.716. The first-order valence-electron chi connectivity index (χ1n) is 3.37. The molecule has 0 aromatic rings. The Bertz CT molecular complexity index is 108. The Labute approximate surface area is 66.3 Å². The maximum Gasteiger partial charge on any atom is 0.320 e. The summed E-state index contributed by atoms with van der Waals surface area (Å²) in [4.78, 5) is 10.1. The first-order chi connectivity index (χ1) is 4.68. The molecule has 0 fully saturated rings. The first-order valence-corrected chi connectivity index (χ1v) is 3.37. The van der Waals surface area contributed by atoms with Gasteiger partial charge < -0.3 is 22.7 Å². The molecule has 0 rings (SSSR count). The van der Waals surface area contributed by atoms with Crippen LogP contribution in [0.2, 0.25) is 0 Å². The predicted molar refractivity (Wildman–Crippen MR) is 44.5 cm³/mol. The highest BCUT2D eigenvalue weighted by atomic mass is 16.4. The molecule has 0 aliphatic rings. The molecule has 5 nitrogen and oxygen atoms in total. The third-order valence-corrected chi connectivity index (χ3v) is 1.29. The lowest BCUT2D eigenvalue weighted by molar-refractivity contribution is -0.138. The number of hydrogen-bond acceptors (Lipinski definition) is 3. The van der Waals surface area contributed by atoms with Crippen molar-refractivity contribution in [2.45, 2.75) is 25.3 Å². The molecule has 1 atom stereocenters. The summed E-state index contributed by atoms with van der Waals surface area (Å²) in [6.07, 6.45) is 2.16. The lowest BCUT2D eigenvalue weighted by Crippen LogP contribution is -2.29. The van der Waals surface area contributed by atoms with Gasteiger partial charge in [-0.2, -0.15) is 0 Å². The van der Waals surface area contributed by atoms with Gasteiger partial charge in [0.25, 0.3) is 0 Å². The van der Waals surface area contributed by atoms with Crippen molar-refractivity contribution >= 4 is 5.97 Å². The molecule has 0 saturated heterocycles. The maximum atomic E-state index is 10.1. The Morgan fingerprint density at radius 2 is 2.00 bits per heavy atom. The van der Waals surface area contributed by atoms with E-state index in [1.54, 1.807) is 0 Å². The van der Waals surface area contributed by atoms with Gasteiger partial charge in [0.15, 0.2) is 0 Å². The number of hydrogen-bond donors (Lipinski definition) is 4. The van der Waals surface area contributed by atoms with E-state index < -0.39 is 12.0 Å². The second-order valence-electron chi connectivity index (χ2n) is 2.23. The molecule has 0 saturated carbocycles. The van der Waals surface area contributed by atoms with E-state index in [0.29, 0.717) is 13.0 Å². The van der Waals surface area contributed by atoms with E-state index in [1.807, 2.05) is 0 Å². The lowest BCUT2D eigenvalue weighted by Gasteiger charge is -2.03. The molecule has 5 heteroatoms. The van der Waals surface area contributed by atoms with E-state index in [1.165, 1.54) is 0 Å². The fraction of sp³-hybridized carbons (Fsp3) is 0.833. The van der Waals surface area contributed by atoms with Crippen molar-refractivity contribution in [3.8, 4) is 0 Å². The molecular formula is C6H18N3O2+. The van der Waals surface area contributed by atoms with Gasteiger partial charge in [-0.3, -0.25) is 4.79 Å².